The fourth-order valence-corrected chi connectivity index (χ4v) is 16.3. The number of hydrogen-bond donors (Lipinski definition) is 0. The Morgan fingerprint density at radius 2 is 0.646 bits per heavy atom. The van der Waals surface area contributed by atoms with Crippen LogP contribution in [-0.2, 0) is 31.2 Å². The van der Waals surface area contributed by atoms with Crippen LogP contribution < -0.4 is 0 Å². The maximum atomic E-state index is 14.3. The highest BCUT2D eigenvalue weighted by molar-refractivity contribution is 5.94. The first-order chi connectivity index (χ1) is 40.3. The third kappa shape index (κ3) is 6.97. The fourth-order valence-electron chi connectivity index (χ4n) is 16.3. The van der Waals surface area contributed by atoms with Gasteiger partial charge in [0, 0.05) is 71.9 Å². The number of nitrogens with zero attached hydrogens (tertiary/aromatic N) is 4. The van der Waals surface area contributed by atoms with E-state index in [1.54, 1.807) is 0 Å². The summed E-state index contributed by atoms with van der Waals surface area (Å²) in [6.45, 7) is 4.56. The van der Waals surface area contributed by atoms with Gasteiger partial charge in [0.05, 0.1) is 51.4 Å². The molecular formula is C76H60N4O2. The molecule has 396 valence electrons. The van der Waals surface area contributed by atoms with Crippen LogP contribution in [0.25, 0.3) is 88.6 Å². The number of carbonyl (C=O) groups is 1. The molecule has 0 saturated carbocycles. The zero-order chi connectivity index (χ0) is 54.8. The van der Waals surface area contributed by atoms with Gasteiger partial charge in [0.1, 0.15) is 0 Å². The second kappa shape index (κ2) is 18.5. The van der Waals surface area contributed by atoms with Crippen LogP contribution in [0.1, 0.15) is 110 Å². The number of unbranched alkanes of at least 4 members (excludes halogenated alkanes) is 1. The van der Waals surface area contributed by atoms with E-state index in [0.29, 0.717) is 25.9 Å². The molecule has 4 atom stereocenters. The van der Waals surface area contributed by atoms with E-state index in [1.807, 2.05) is 6.92 Å². The quantitative estimate of drug-likeness (QED) is 0.107. The minimum absolute atomic E-state index is 0.193. The number of para-hydroxylation sites is 4. The normalized spacial score (nSPS) is 20.3. The van der Waals surface area contributed by atoms with Crippen molar-refractivity contribution in [3.8, 4) is 45.0 Å². The van der Waals surface area contributed by atoms with Crippen molar-refractivity contribution in [1.29, 1.82) is 0 Å². The van der Waals surface area contributed by atoms with Gasteiger partial charge in [-0.05, 0) is 132 Å². The van der Waals surface area contributed by atoms with E-state index < -0.39 is 21.7 Å². The third-order valence-electron chi connectivity index (χ3n) is 19.6. The molecule has 0 saturated heterocycles. The number of rotatable bonds is 13. The smallest absolute Gasteiger partial charge is 0.305 e. The summed E-state index contributed by atoms with van der Waals surface area (Å²) in [4.78, 5) is 37.1. The second-order valence-corrected chi connectivity index (χ2v) is 23.8. The van der Waals surface area contributed by atoms with Crippen LogP contribution in [0.2, 0.25) is 0 Å². The summed E-state index contributed by atoms with van der Waals surface area (Å²) in [5.74, 6) is -0.193. The first kappa shape index (κ1) is 48.7. The zero-order valence-corrected chi connectivity index (χ0v) is 46.3. The Bertz CT molecular complexity index is 4640. The molecule has 4 aromatic heterocycles. The predicted octanol–water partition coefficient (Wildman–Crippen LogP) is 17.7. The SMILES string of the molecule is CCCCC1(CC2(CC3(CC4(CCC(=O)OCC)c5ccccc5-c5nc6ccccc6cc54)c4ccccc4-c4nc5ccccc5cc43)c3ccccc3-c3nc4ccccc4cc32)c2ccccc2-c2nc3ccccc3cc21. The molecule has 82 heavy (non-hydrogen) atoms. The molecule has 0 fully saturated rings. The topological polar surface area (TPSA) is 77.9 Å². The lowest BCUT2D eigenvalue weighted by atomic mass is 9.52. The maximum absolute atomic E-state index is 14.3. The van der Waals surface area contributed by atoms with Crippen LogP contribution in [0.3, 0.4) is 0 Å². The van der Waals surface area contributed by atoms with Crippen molar-refractivity contribution in [3.05, 3.63) is 263 Å². The number of ether oxygens (including phenoxy) is 1. The number of fused-ring (bicyclic) bond motifs is 16. The Balaban J connectivity index is 1.05. The first-order valence-electron chi connectivity index (χ1n) is 29.5. The van der Waals surface area contributed by atoms with Gasteiger partial charge in [0.15, 0.2) is 0 Å². The van der Waals surface area contributed by atoms with E-state index in [2.05, 4.69) is 225 Å². The molecule has 6 nitrogen and oxygen atoms in total. The fraction of sp³-hybridized carbons (Fsp3) is 0.197. The molecule has 4 heterocycles. The average Bonchev–Trinajstić information content (AvgIpc) is 2.42. The van der Waals surface area contributed by atoms with E-state index in [0.717, 1.165) is 109 Å². The van der Waals surface area contributed by atoms with Crippen molar-refractivity contribution in [3.63, 3.8) is 0 Å². The zero-order valence-electron chi connectivity index (χ0n) is 46.3. The minimum atomic E-state index is -0.771. The van der Waals surface area contributed by atoms with Crippen molar-refractivity contribution >= 4 is 49.6 Å². The van der Waals surface area contributed by atoms with Gasteiger partial charge < -0.3 is 4.74 Å². The van der Waals surface area contributed by atoms with Gasteiger partial charge in [-0.15, -0.1) is 0 Å². The van der Waals surface area contributed by atoms with Crippen LogP contribution in [0.5, 0.6) is 0 Å². The Hall–Kier alpha value is -9.13. The summed E-state index contributed by atoms with van der Waals surface area (Å²) < 4.78 is 5.91. The number of aromatic nitrogens is 4. The van der Waals surface area contributed by atoms with Crippen molar-refractivity contribution < 1.29 is 9.53 Å². The van der Waals surface area contributed by atoms with E-state index in [1.165, 1.54) is 50.1 Å². The van der Waals surface area contributed by atoms with Gasteiger partial charge in [-0.1, -0.05) is 190 Å². The molecule has 12 aromatic rings. The van der Waals surface area contributed by atoms with Crippen molar-refractivity contribution in [2.24, 2.45) is 0 Å². The average molecular weight is 1060 g/mol. The Kier molecular flexibility index (Phi) is 11.0. The van der Waals surface area contributed by atoms with Gasteiger partial charge in [0.2, 0.25) is 0 Å². The molecule has 8 aromatic carbocycles. The summed E-state index contributed by atoms with van der Waals surface area (Å²) in [5, 5.41) is 4.45. The number of benzene rings is 8. The molecule has 0 radical (unpaired) electrons. The van der Waals surface area contributed by atoms with Crippen LogP contribution in [0.15, 0.2) is 218 Å². The summed E-state index contributed by atoms with van der Waals surface area (Å²) in [6.07, 6.45) is 5.79. The number of esters is 1. The van der Waals surface area contributed by atoms with Gasteiger partial charge in [-0.25, -0.2) is 19.9 Å². The van der Waals surface area contributed by atoms with Crippen molar-refractivity contribution in [2.45, 2.75) is 86.9 Å². The lowest BCUT2D eigenvalue weighted by molar-refractivity contribution is -0.143. The van der Waals surface area contributed by atoms with Crippen molar-refractivity contribution in [1.82, 2.24) is 19.9 Å². The van der Waals surface area contributed by atoms with Crippen LogP contribution in [0.4, 0.5) is 0 Å². The molecule has 4 unspecified atom stereocenters. The number of hydrogen-bond acceptors (Lipinski definition) is 6. The van der Waals surface area contributed by atoms with Crippen LogP contribution in [0, 0.1) is 0 Å². The van der Waals surface area contributed by atoms with Crippen LogP contribution in [-0.4, -0.2) is 32.5 Å². The largest absolute Gasteiger partial charge is 0.466 e. The highest BCUT2D eigenvalue weighted by Gasteiger charge is 2.61. The second-order valence-electron chi connectivity index (χ2n) is 23.8. The summed E-state index contributed by atoms with van der Waals surface area (Å²) in [5.41, 5.74) is 20.0. The van der Waals surface area contributed by atoms with Gasteiger partial charge >= 0.3 is 5.97 Å². The number of pyridine rings is 4. The lowest BCUT2D eigenvalue weighted by Gasteiger charge is -2.50. The molecule has 0 amide bonds. The monoisotopic (exact) mass is 1060 g/mol. The van der Waals surface area contributed by atoms with Gasteiger partial charge in [-0.2, -0.15) is 0 Å². The Labute approximate surface area is 478 Å². The molecular weight excluding hydrogens is 1000 g/mol. The minimum Gasteiger partial charge on any atom is -0.466 e. The Morgan fingerprint density at radius 1 is 0.354 bits per heavy atom. The summed E-state index contributed by atoms with van der Waals surface area (Å²) >= 11 is 0. The predicted molar refractivity (Wildman–Crippen MR) is 331 cm³/mol. The van der Waals surface area contributed by atoms with Gasteiger partial charge in [0.25, 0.3) is 0 Å². The highest BCUT2D eigenvalue weighted by Crippen LogP contribution is 2.69. The Morgan fingerprint density at radius 3 is 1.00 bits per heavy atom. The maximum Gasteiger partial charge on any atom is 0.305 e. The number of carbonyl (C=O) groups excluding carboxylic acids is 1. The molecule has 0 N–H and O–H groups in total. The molecule has 16 rings (SSSR count). The van der Waals surface area contributed by atoms with E-state index in [9.17, 15) is 4.79 Å². The van der Waals surface area contributed by atoms with Crippen LogP contribution >= 0.6 is 0 Å². The first-order valence-corrected chi connectivity index (χ1v) is 29.5. The van der Waals surface area contributed by atoms with Crippen molar-refractivity contribution in [2.75, 3.05) is 6.61 Å². The molecule has 0 aliphatic heterocycles. The highest BCUT2D eigenvalue weighted by atomic mass is 16.5. The molecule has 6 heteroatoms. The third-order valence-corrected chi connectivity index (χ3v) is 19.6. The molecule has 0 spiro atoms. The molecule has 0 bridgehead atoms. The summed E-state index contributed by atoms with van der Waals surface area (Å²) in [7, 11) is 0. The summed E-state index contributed by atoms with van der Waals surface area (Å²) in [6, 6.07) is 81.0. The van der Waals surface area contributed by atoms with E-state index in [-0.39, 0.29) is 12.4 Å². The standard InChI is InChI=1S/C76H60N4O2/c1-3-5-39-73(56-30-14-10-26-52(56)69-60(73)41-48-22-6-18-34-64(48)77-69)45-75(58-32-16-12-28-54(58)71-62(75)43-50-24-8-20-36-66(50)79-71)47-76(59-33-17-13-29-55(59)72-63(76)44-51-25-9-21-37-67(51)80-72)46-74(40-38-68(81)82-4-2)57-31-15-11-27-53(57)70-61(74)42-49-23-7-19-35-65(49)78-70/h6-37,41-44H,3-5,38-40,45-47H2,1-2H3. The van der Waals surface area contributed by atoms with E-state index >= 15 is 0 Å². The van der Waals surface area contributed by atoms with Gasteiger partial charge in [-0.3, -0.25) is 4.79 Å². The molecule has 4 aliphatic carbocycles. The lowest BCUT2D eigenvalue weighted by Crippen LogP contribution is -2.46. The molecule has 4 aliphatic rings. The van der Waals surface area contributed by atoms with E-state index in [4.69, 9.17) is 24.7 Å².